The lowest BCUT2D eigenvalue weighted by atomic mass is 9.96. The molecule has 1 saturated heterocycles. The molecule has 1 fully saturated rings. The summed E-state index contributed by atoms with van der Waals surface area (Å²) in [5, 5.41) is 10.8. The van der Waals surface area contributed by atoms with Crippen molar-refractivity contribution in [3.63, 3.8) is 0 Å². The number of hydrogen-bond donors (Lipinski definition) is 2. The van der Waals surface area contributed by atoms with Crippen molar-refractivity contribution in [2.45, 2.75) is 24.4 Å². The molecular weight excluding hydrogens is 410 g/mol. The van der Waals surface area contributed by atoms with Crippen molar-refractivity contribution in [3.05, 3.63) is 70.7 Å². The van der Waals surface area contributed by atoms with E-state index in [0.717, 1.165) is 31.2 Å². The second-order valence-corrected chi connectivity index (χ2v) is 9.30. The number of piperazine rings is 1. The molecule has 3 N–H and O–H groups in total. The van der Waals surface area contributed by atoms with Gasteiger partial charge in [-0.2, -0.15) is 0 Å². The molecule has 0 amide bonds. The van der Waals surface area contributed by atoms with E-state index in [4.69, 9.17) is 29.6 Å². The van der Waals surface area contributed by atoms with Gasteiger partial charge in [-0.3, -0.25) is 9.80 Å². The normalized spacial score (nSPS) is 19.1. The summed E-state index contributed by atoms with van der Waals surface area (Å²) in [5.74, 6) is 0. The van der Waals surface area contributed by atoms with E-state index in [0.29, 0.717) is 4.32 Å². The zero-order valence-corrected chi connectivity index (χ0v) is 18.3. The topological polar surface area (TPSA) is 52.7 Å². The highest BCUT2D eigenvalue weighted by Gasteiger charge is 2.31. The van der Waals surface area contributed by atoms with Crippen molar-refractivity contribution in [3.8, 4) is 0 Å². The van der Waals surface area contributed by atoms with Gasteiger partial charge in [0.05, 0.1) is 17.5 Å². The fourth-order valence-corrected chi connectivity index (χ4v) is 4.96. The molecule has 2 aromatic rings. The molecule has 1 heterocycles. The Morgan fingerprint density at radius 1 is 1.00 bits per heavy atom. The summed E-state index contributed by atoms with van der Waals surface area (Å²) < 4.78 is 0.372. The smallest absolute Gasteiger partial charge is 0.132 e. The maximum absolute atomic E-state index is 10.2. The first-order valence-electron chi connectivity index (χ1n) is 9.38. The van der Waals surface area contributed by atoms with Crippen LogP contribution in [0.2, 0.25) is 5.02 Å². The summed E-state index contributed by atoms with van der Waals surface area (Å²) in [7, 11) is 0. The number of rotatable bonds is 6. The van der Waals surface area contributed by atoms with E-state index in [1.807, 2.05) is 18.2 Å². The van der Waals surface area contributed by atoms with Crippen LogP contribution in [0.25, 0.3) is 0 Å². The van der Waals surface area contributed by atoms with Gasteiger partial charge in [-0.15, -0.1) is 0 Å². The molecule has 0 radical (unpaired) electrons. The van der Waals surface area contributed by atoms with Crippen molar-refractivity contribution in [1.82, 2.24) is 9.80 Å². The molecule has 0 saturated carbocycles. The van der Waals surface area contributed by atoms with E-state index < -0.39 is 6.10 Å². The molecule has 3 atom stereocenters. The van der Waals surface area contributed by atoms with Crippen LogP contribution in [0.1, 0.15) is 24.1 Å². The minimum atomic E-state index is -0.501. The molecule has 28 heavy (non-hydrogen) atoms. The number of thioether (sulfide) groups is 1. The quantitative estimate of drug-likeness (QED) is 0.674. The Morgan fingerprint density at radius 3 is 2.07 bits per heavy atom. The van der Waals surface area contributed by atoms with Gasteiger partial charge in [0.25, 0.3) is 0 Å². The van der Waals surface area contributed by atoms with Crippen LogP contribution in [0, 0.1) is 0 Å². The fraction of sp³-hybridized carbons (Fsp3) is 0.381. The van der Waals surface area contributed by atoms with Crippen LogP contribution in [-0.2, 0) is 0 Å². The minimum Gasteiger partial charge on any atom is -0.391 e. The maximum Gasteiger partial charge on any atom is 0.132 e. The third kappa shape index (κ3) is 5.47. The van der Waals surface area contributed by atoms with E-state index in [-0.39, 0.29) is 11.4 Å². The van der Waals surface area contributed by atoms with Crippen molar-refractivity contribution in [1.29, 1.82) is 0 Å². The zero-order chi connectivity index (χ0) is 20.1. The molecule has 0 aliphatic carbocycles. The molecule has 7 heteroatoms. The molecule has 3 unspecified atom stereocenters. The van der Waals surface area contributed by atoms with Crippen molar-refractivity contribution in [2.24, 2.45) is 5.73 Å². The maximum atomic E-state index is 10.2. The Balaban J connectivity index is 1.78. The fourth-order valence-electron chi connectivity index (χ4n) is 3.74. The van der Waals surface area contributed by atoms with Crippen molar-refractivity contribution < 1.29 is 5.11 Å². The van der Waals surface area contributed by atoms with Crippen molar-refractivity contribution >= 4 is 39.9 Å². The Hall–Kier alpha value is -1.15. The summed E-state index contributed by atoms with van der Waals surface area (Å²) in [5.41, 5.74) is 8.21. The van der Waals surface area contributed by atoms with Gasteiger partial charge < -0.3 is 10.8 Å². The standard InChI is InChI=1S/C21H26ClN3OS2/c1-15(26)20(28-21(23)27)25-13-11-24(12-14-25)19(16-5-3-2-4-6-16)17-7-9-18(22)10-8-17/h2-10,15,19-20,26H,11-14H2,1H3,(H2,23,27). The van der Waals surface area contributed by atoms with Crippen LogP contribution in [0.4, 0.5) is 0 Å². The van der Waals surface area contributed by atoms with Gasteiger partial charge in [0, 0.05) is 31.2 Å². The third-order valence-corrected chi connectivity index (χ3v) is 6.73. The number of halogens is 1. The Morgan fingerprint density at radius 2 is 1.54 bits per heavy atom. The van der Waals surface area contributed by atoms with Gasteiger partial charge in [0.2, 0.25) is 0 Å². The van der Waals surface area contributed by atoms with Crippen LogP contribution in [0.3, 0.4) is 0 Å². The highest BCUT2D eigenvalue weighted by Crippen LogP contribution is 2.31. The Kier molecular flexibility index (Phi) is 7.74. The van der Waals surface area contributed by atoms with Crippen LogP contribution >= 0.6 is 35.6 Å². The first-order valence-corrected chi connectivity index (χ1v) is 11.0. The number of nitrogens with zero attached hydrogens (tertiary/aromatic N) is 2. The van der Waals surface area contributed by atoms with Crippen LogP contribution in [0.5, 0.6) is 0 Å². The number of thiocarbonyl (C=S) groups is 1. The second-order valence-electron chi connectivity index (χ2n) is 7.00. The van der Waals surface area contributed by atoms with Crippen molar-refractivity contribution in [2.75, 3.05) is 26.2 Å². The van der Waals surface area contributed by atoms with E-state index >= 15 is 0 Å². The molecule has 0 spiro atoms. The lowest BCUT2D eigenvalue weighted by molar-refractivity contribution is 0.0559. The van der Waals surface area contributed by atoms with Gasteiger partial charge in [0.1, 0.15) is 4.32 Å². The number of aliphatic hydroxyl groups is 1. The van der Waals surface area contributed by atoms with Gasteiger partial charge >= 0.3 is 0 Å². The number of nitrogens with two attached hydrogens (primary N) is 1. The largest absolute Gasteiger partial charge is 0.391 e. The summed E-state index contributed by atoms with van der Waals surface area (Å²) in [4.78, 5) is 4.76. The lowest BCUT2D eigenvalue weighted by Gasteiger charge is -2.43. The molecule has 4 nitrogen and oxygen atoms in total. The molecule has 1 aliphatic heterocycles. The summed E-state index contributed by atoms with van der Waals surface area (Å²) in [6, 6.07) is 18.8. The predicted molar refractivity (Wildman–Crippen MR) is 123 cm³/mol. The zero-order valence-electron chi connectivity index (χ0n) is 15.9. The Bertz CT molecular complexity index is 765. The van der Waals surface area contributed by atoms with Gasteiger partial charge in [-0.05, 0) is 30.2 Å². The SMILES string of the molecule is CC(O)C(SC(N)=S)N1CCN(C(c2ccccc2)c2ccc(Cl)cc2)CC1. The first kappa shape index (κ1) is 21.6. The average molecular weight is 436 g/mol. The van der Waals surface area contributed by atoms with Crippen LogP contribution in [0.15, 0.2) is 54.6 Å². The van der Waals surface area contributed by atoms with Crippen LogP contribution in [-0.4, -0.2) is 56.9 Å². The van der Waals surface area contributed by atoms with Crippen LogP contribution < -0.4 is 5.73 Å². The first-order chi connectivity index (χ1) is 13.5. The van der Waals surface area contributed by atoms with E-state index in [1.54, 1.807) is 6.92 Å². The van der Waals surface area contributed by atoms with E-state index in [1.165, 1.54) is 22.9 Å². The molecule has 2 aromatic carbocycles. The molecular formula is C21H26ClN3OS2. The van der Waals surface area contributed by atoms with Gasteiger partial charge in [-0.25, -0.2) is 0 Å². The minimum absolute atomic E-state index is 0.106. The highest BCUT2D eigenvalue weighted by molar-refractivity contribution is 8.23. The predicted octanol–water partition coefficient (Wildman–Crippen LogP) is 3.73. The summed E-state index contributed by atoms with van der Waals surface area (Å²) in [6.07, 6.45) is -0.501. The third-order valence-electron chi connectivity index (χ3n) is 5.02. The number of hydrogen-bond acceptors (Lipinski definition) is 5. The summed E-state index contributed by atoms with van der Waals surface area (Å²) >= 11 is 12.5. The molecule has 150 valence electrons. The molecule has 3 rings (SSSR count). The number of benzene rings is 2. The van der Waals surface area contributed by atoms with E-state index in [9.17, 15) is 5.11 Å². The second kappa shape index (κ2) is 10.1. The average Bonchev–Trinajstić information content (AvgIpc) is 2.69. The number of aliphatic hydroxyl groups excluding tert-OH is 1. The lowest BCUT2D eigenvalue weighted by Crippen LogP contribution is -2.53. The Labute approximate surface area is 181 Å². The van der Waals surface area contributed by atoms with Gasteiger partial charge in [-0.1, -0.05) is 78.0 Å². The molecule has 0 aromatic heterocycles. The van der Waals surface area contributed by atoms with Gasteiger partial charge in [0.15, 0.2) is 0 Å². The summed E-state index contributed by atoms with van der Waals surface area (Å²) in [6.45, 7) is 5.28. The monoisotopic (exact) mass is 435 g/mol. The highest BCUT2D eigenvalue weighted by atomic mass is 35.5. The van der Waals surface area contributed by atoms with E-state index in [2.05, 4.69) is 46.2 Å². The molecule has 0 bridgehead atoms. The molecule has 1 aliphatic rings.